The lowest BCUT2D eigenvalue weighted by atomic mass is 10.3. The Morgan fingerprint density at radius 3 is 2.59 bits per heavy atom. The van der Waals surface area contributed by atoms with Crippen LogP contribution in [0.5, 0.6) is 11.6 Å². The van der Waals surface area contributed by atoms with Gasteiger partial charge in [0.05, 0.1) is 11.9 Å². The molecule has 2 aromatic rings. The highest BCUT2D eigenvalue weighted by molar-refractivity contribution is 5.88. The first-order valence-corrected chi connectivity index (χ1v) is 9.34. The number of likely N-dealkylation sites (N-methyl/N-ethyl adjacent to an activating group) is 1. The van der Waals surface area contributed by atoms with Crippen molar-refractivity contribution in [1.82, 2.24) is 20.1 Å². The van der Waals surface area contributed by atoms with Crippen molar-refractivity contribution in [1.29, 1.82) is 0 Å². The van der Waals surface area contributed by atoms with Crippen LogP contribution in [-0.2, 0) is 0 Å². The van der Waals surface area contributed by atoms with E-state index in [1.54, 1.807) is 18.3 Å². The number of hydrogen-bond acceptors (Lipinski definition) is 5. The molecule has 1 aliphatic heterocycles. The summed E-state index contributed by atoms with van der Waals surface area (Å²) in [7, 11) is 2.15. The number of rotatable bonds is 7. The van der Waals surface area contributed by atoms with Crippen molar-refractivity contribution >= 4 is 11.7 Å². The number of aromatic nitrogens is 1. The third kappa shape index (κ3) is 6.54. The number of anilines is 1. The van der Waals surface area contributed by atoms with Gasteiger partial charge in [0.1, 0.15) is 5.75 Å². The molecule has 1 aliphatic rings. The van der Waals surface area contributed by atoms with Gasteiger partial charge in [0.15, 0.2) is 0 Å². The van der Waals surface area contributed by atoms with Crippen LogP contribution in [-0.4, -0.2) is 67.1 Å². The number of ether oxygens (including phenoxy) is 1. The fourth-order valence-corrected chi connectivity index (χ4v) is 2.88. The maximum Gasteiger partial charge on any atom is 0.319 e. The van der Waals surface area contributed by atoms with E-state index in [1.165, 1.54) is 0 Å². The van der Waals surface area contributed by atoms with Crippen LogP contribution in [0.25, 0.3) is 0 Å². The Bertz CT molecular complexity index is 700. The smallest absolute Gasteiger partial charge is 0.319 e. The van der Waals surface area contributed by atoms with Crippen LogP contribution in [0.3, 0.4) is 0 Å². The fourth-order valence-electron chi connectivity index (χ4n) is 2.88. The molecule has 0 unspecified atom stereocenters. The van der Waals surface area contributed by atoms with E-state index >= 15 is 0 Å². The third-order valence-electron chi connectivity index (χ3n) is 4.49. The molecule has 0 radical (unpaired) electrons. The van der Waals surface area contributed by atoms with Crippen LogP contribution in [0, 0.1) is 0 Å². The number of nitrogens with zero attached hydrogens (tertiary/aromatic N) is 3. The maximum atomic E-state index is 12.0. The number of nitrogens with one attached hydrogen (secondary N) is 2. The van der Waals surface area contributed by atoms with E-state index in [2.05, 4.69) is 32.5 Å². The molecule has 0 aliphatic carbocycles. The van der Waals surface area contributed by atoms with Crippen molar-refractivity contribution < 1.29 is 9.53 Å². The van der Waals surface area contributed by atoms with E-state index < -0.39 is 0 Å². The summed E-state index contributed by atoms with van der Waals surface area (Å²) in [6, 6.07) is 12.8. The van der Waals surface area contributed by atoms with Crippen molar-refractivity contribution in [2.75, 3.05) is 51.6 Å². The Kier molecular flexibility index (Phi) is 7.01. The van der Waals surface area contributed by atoms with E-state index in [9.17, 15) is 4.79 Å². The predicted octanol–water partition coefficient (Wildman–Crippen LogP) is 2.63. The van der Waals surface area contributed by atoms with Gasteiger partial charge in [-0.05, 0) is 38.2 Å². The van der Waals surface area contributed by atoms with Crippen molar-refractivity contribution in [3.63, 3.8) is 0 Å². The zero-order chi connectivity index (χ0) is 18.9. The predicted molar refractivity (Wildman–Crippen MR) is 106 cm³/mol. The van der Waals surface area contributed by atoms with E-state index in [4.69, 9.17) is 4.74 Å². The quantitative estimate of drug-likeness (QED) is 0.735. The molecule has 144 valence electrons. The summed E-state index contributed by atoms with van der Waals surface area (Å²) in [6.45, 7) is 6.11. The van der Waals surface area contributed by atoms with Crippen LogP contribution in [0.15, 0.2) is 48.7 Å². The minimum atomic E-state index is -0.216. The number of hydrogen-bond donors (Lipinski definition) is 2. The monoisotopic (exact) mass is 369 g/mol. The number of carbonyl (C=O) groups is 1. The average Bonchev–Trinajstić information content (AvgIpc) is 2.69. The molecule has 0 bridgehead atoms. The van der Waals surface area contributed by atoms with Gasteiger partial charge in [0.25, 0.3) is 0 Å². The summed E-state index contributed by atoms with van der Waals surface area (Å²) >= 11 is 0. The highest BCUT2D eigenvalue weighted by Gasteiger charge is 2.12. The molecule has 7 nitrogen and oxygen atoms in total. The normalized spacial score (nSPS) is 15.3. The lowest BCUT2D eigenvalue weighted by molar-refractivity contribution is 0.153. The van der Waals surface area contributed by atoms with Crippen molar-refractivity contribution in [2.45, 2.75) is 6.42 Å². The minimum absolute atomic E-state index is 0.216. The molecule has 1 saturated heterocycles. The van der Waals surface area contributed by atoms with Gasteiger partial charge in [-0.1, -0.05) is 18.2 Å². The molecule has 7 heteroatoms. The number of pyridine rings is 1. The van der Waals surface area contributed by atoms with E-state index in [1.807, 2.05) is 30.3 Å². The molecule has 1 aromatic carbocycles. The third-order valence-corrected chi connectivity index (χ3v) is 4.49. The first-order valence-electron chi connectivity index (χ1n) is 9.34. The molecule has 2 amide bonds. The van der Waals surface area contributed by atoms with Crippen LogP contribution >= 0.6 is 0 Å². The zero-order valence-electron chi connectivity index (χ0n) is 15.7. The van der Waals surface area contributed by atoms with Crippen molar-refractivity contribution in [3.05, 3.63) is 48.7 Å². The molecule has 27 heavy (non-hydrogen) atoms. The molecule has 1 aromatic heterocycles. The molecule has 2 N–H and O–H groups in total. The van der Waals surface area contributed by atoms with Crippen LogP contribution < -0.4 is 15.4 Å². The number of para-hydroxylation sites is 1. The van der Waals surface area contributed by atoms with Gasteiger partial charge >= 0.3 is 6.03 Å². The molecule has 0 spiro atoms. The molecular formula is C20H27N5O2. The van der Waals surface area contributed by atoms with Gasteiger partial charge in [-0.15, -0.1) is 0 Å². The number of amides is 2. The Morgan fingerprint density at radius 1 is 1.11 bits per heavy atom. The van der Waals surface area contributed by atoms with Crippen molar-refractivity contribution in [2.24, 2.45) is 0 Å². The van der Waals surface area contributed by atoms with Gasteiger partial charge in [0, 0.05) is 38.8 Å². The fraction of sp³-hybridized carbons (Fsp3) is 0.400. The van der Waals surface area contributed by atoms with Crippen LogP contribution in [0.1, 0.15) is 6.42 Å². The highest BCUT2D eigenvalue weighted by Crippen LogP contribution is 2.19. The number of benzene rings is 1. The lowest BCUT2D eigenvalue weighted by Crippen LogP contribution is -2.45. The number of piperazine rings is 1. The molecular weight excluding hydrogens is 342 g/mol. The topological polar surface area (TPSA) is 69.7 Å². The first-order chi connectivity index (χ1) is 13.2. The van der Waals surface area contributed by atoms with Gasteiger partial charge in [-0.3, -0.25) is 0 Å². The van der Waals surface area contributed by atoms with Crippen LogP contribution in [0.2, 0.25) is 0 Å². The second kappa shape index (κ2) is 9.89. The second-order valence-electron chi connectivity index (χ2n) is 6.68. The molecule has 2 heterocycles. The summed E-state index contributed by atoms with van der Waals surface area (Å²) in [6.07, 6.45) is 2.53. The standard InChI is InChI=1S/C20H27N5O2/c1-24-12-14-25(15-13-24)11-5-10-21-20(26)23-17-8-9-19(22-16-17)27-18-6-3-2-4-7-18/h2-4,6-9,16H,5,10-15H2,1H3,(H2,21,23,26). The average molecular weight is 369 g/mol. The summed E-state index contributed by atoms with van der Waals surface area (Å²) in [5, 5.41) is 5.68. The van der Waals surface area contributed by atoms with Gasteiger partial charge in [0.2, 0.25) is 5.88 Å². The van der Waals surface area contributed by atoms with Gasteiger partial charge < -0.3 is 25.2 Å². The van der Waals surface area contributed by atoms with Crippen molar-refractivity contribution in [3.8, 4) is 11.6 Å². The largest absolute Gasteiger partial charge is 0.439 e. The Balaban J connectivity index is 1.34. The molecule has 0 saturated carbocycles. The van der Waals surface area contributed by atoms with E-state index in [0.717, 1.165) is 44.9 Å². The summed E-state index contributed by atoms with van der Waals surface area (Å²) in [4.78, 5) is 21.0. The Hall–Kier alpha value is -2.64. The van der Waals surface area contributed by atoms with Gasteiger partial charge in [-0.25, -0.2) is 9.78 Å². The second-order valence-corrected chi connectivity index (χ2v) is 6.68. The van der Waals surface area contributed by atoms with E-state index in [-0.39, 0.29) is 6.03 Å². The molecule has 0 atom stereocenters. The first kappa shape index (κ1) is 19.1. The zero-order valence-corrected chi connectivity index (χ0v) is 15.7. The highest BCUT2D eigenvalue weighted by atomic mass is 16.5. The number of carbonyl (C=O) groups excluding carboxylic acids is 1. The minimum Gasteiger partial charge on any atom is -0.439 e. The Labute approximate surface area is 160 Å². The molecule has 1 fully saturated rings. The summed E-state index contributed by atoms with van der Waals surface area (Å²) in [5.41, 5.74) is 0.631. The summed E-state index contributed by atoms with van der Waals surface area (Å²) < 4.78 is 5.63. The van der Waals surface area contributed by atoms with Gasteiger partial charge in [-0.2, -0.15) is 0 Å². The Morgan fingerprint density at radius 2 is 1.89 bits per heavy atom. The maximum absolute atomic E-state index is 12.0. The lowest BCUT2D eigenvalue weighted by Gasteiger charge is -2.32. The van der Waals surface area contributed by atoms with E-state index in [0.29, 0.717) is 18.1 Å². The SMILES string of the molecule is CN1CCN(CCCNC(=O)Nc2ccc(Oc3ccccc3)nc2)CC1. The summed E-state index contributed by atoms with van der Waals surface area (Å²) in [5.74, 6) is 1.21. The molecule has 3 rings (SSSR count). The van der Waals surface area contributed by atoms with Crippen LogP contribution in [0.4, 0.5) is 10.5 Å². The number of urea groups is 1.